The van der Waals surface area contributed by atoms with Crippen LogP contribution in [-0.4, -0.2) is 41.3 Å². The number of carbonyl (C=O) groups excluding carboxylic acids is 1. The molecule has 2 heterocycles. The largest absolute Gasteiger partial charge is 0.393 e. The van der Waals surface area contributed by atoms with Gasteiger partial charge in [-0.2, -0.15) is 0 Å². The van der Waals surface area contributed by atoms with E-state index in [9.17, 15) is 9.90 Å². The average molecular weight is 426 g/mol. The molecule has 4 aliphatic carbocycles. The molecule has 0 radical (unpaired) electrons. The molecule has 2 saturated heterocycles. The molecule has 2 aliphatic heterocycles. The van der Waals surface area contributed by atoms with E-state index < -0.39 is 0 Å². The van der Waals surface area contributed by atoms with Gasteiger partial charge in [-0.25, -0.2) is 0 Å². The van der Waals surface area contributed by atoms with E-state index in [1.165, 1.54) is 11.1 Å². The minimum Gasteiger partial charge on any atom is -0.393 e. The highest BCUT2D eigenvalue weighted by atomic mass is 16.5. The highest BCUT2D eigenvalue weighted by Crippen LogP contribution is 2.63. The lowest BCUT2D eigenvalue weighted by molar-refractivity contribution is -0.123. The van der Waals surface area contributed by atoms with Crippen LogP contribution >= 0.6 is 0 Å². The monoisotopic (exact) mass is 425 g/mol. The van der Waals surface area contributed by atoms with Crippen LogP contribution in [-0.2, 0) is 9.53 Å². The Balaban J connectivity index is 1.39. The Morgan fingerprint density at radius 2 is 2.03 bits per heavy atom. The van der Waals surface area contributed by atoms with Crippen LogP contribution in [0.15, 0.2) is 22.8 Å². The van der Waals surface area contributed by atoms with Gasteiger partial charge in [-0.05, 0) is 87.2 Å². The molecule has 2 saturated carbocycles. The van der Waals surface area contributed by atoms with Crippen LogP contribution in [0.3, 0.4) is 0 Å². The fraction of sp³-hybridized carbons (Fsp3) is 0.815. The number of aliphatic hydroxyl groups is 1. The number of carbonyl (C=O) groups is 1. The smallest absolute Gasteiger partial charge is 0.163 e. The Kier molecular flexibility index (Phi) is 4.51. The summed E-state index contributed by atoms with van der Waals surface area (Å²) >= 11 is 0. The molecule has 4 fully saturated rings. The zero-order valence-electron chi connectivity index (χ0n) is 19.6. The van der Waals surface area contributed by atoms with Gasteiger partial charge < -0.3 is 15.2 Å². The molecule has 2 N–H and O–H groups in total. The van der Waals surface area contributed by atoms with Crippen LogP contribution < -0.4 is 5.32 Å². The number of hydrogen-bond acceptors (Lipinski definition) is 4. The second-order valence-corrected chi connectivity index (χ2v) is 12.1. The van der Waals surface area contributed by atoms with Crippen molar-refractivity contribution >= 4 is 5.78 Å². The lowest BCUT2D eigenvalue weighted by Crippen LogP contribution is -2.49. The molecule has 6 rings (SSSR count). The Morgan fingerprint density at radius 3 is 2.84 bits per heavy atom. The number of rotatable bonds is 0. The summed E-state index contributed by atoms with van der Waals surface area (Å²) < 4.78 is 6.93. The average Bonchev–Trinajstić information content (AvgIpc) is 3.18. The zero-order chi connectivity index (χ0) is 21.7. The SMILES string of the molecule is CC1=C2C(=O)C3C(CC=C4C[C@H](O)CCC43C)C2CCC12O[C@H]1CC(C)CNC1[C@@H]2C. The van der Waals surface area contributed by atoms with Gasteiger partial charge in [0.15, 0.2) is 5.78 Å². The molecule has 4 heteroatoms. The fourth-order valence-corrected chi connectivity index (χ4v) is 8.93. The highest BCUT2D eigenvalue weighted by molar-refractivity contribution is 6.02. The molecule has 0 aromatic rings. The molecule has 0 amide bonds. The van der Waals surface area contributed by atoms with Crippen LogP contribution in [0, 0.1) is 35.0 Å². The molecule has 1 spiro atoms. The fourth-order valence-electron chi connectivity index (χ4n) is 8.93. The quantitative estimate of drug-likeness (QED) is 0.572. The molecule has 7 unspecified atom stereocenters. The van der Waals surface area contributed by atoms with E-state index in [0.29, 0.717) is 35.5 Å². The number of fused-ring (bicyclic) bond motifs is 6. The molecule has 0 bridgehead atoms. The topological polar surface area (TPSA) is 58.6 Å². The summed E-state index contributed by atoms with van der Waals surface area (Å²) in [5.74, 6) is 2.41. The van der Waals surface area contributed by atoms with Gasteiger partial charge in [0.1, 0.15) is 0 Å². The Morgan fingerprint density at radius 1 is 1.23 bits per heavy atom. The van der Waals surface area contributed by atoms with E-state index in [1.807, 2.05) is 0 Å². The number of allylic oxidation sites excluding steroid dienone is 2. The van der Waals surface area contributed by atoms with Crippen molar-refractivity contribution in [3.8, 4) is 0 Å². The Bertz CT molecular complexity index is 876. The molecule has 0 aromatic carbocycles. The number of nitrogens with one attached hydrogen (secondary N) is 1. The maximum atomic E-state index is 14.1. The maximum Gasteiger partial charge on any atom is 0.163 e. The van der Waals surface area contributed by atoms with Crippen LogP contribution in [0.25, 0.3) is 0 Å². The van der Waals surface area contributed by atoms with E-state index in [0.717, 1.165) is 57.1 Å². The minimum atomic E-state index is -0.263. The van der Waals surface area contributed by atoms with Crippen molar-refractivity contribution in [2.24, 2.45) is 35.0 Å². The number of piperidine rings is 1. The van der Waals surface area contributed by atoms with Crippen molar-refractivity contribution in [1.29, 1.82) is 0 Å². The second-order valence-electron chi connectivity index (χ2n) is 12.1. The van der Waals surface area contributed by atoms with Gasteiger partial charge in [0, 0.05) is 23.5 Å². The van der Waals surface area contributed by atoms with Crippen molar-refractivity contribution in [3.63, 3.8) is 0 Å². The van der Waals surface area contributed by atoms with Gasteiger partial charge >= 0.3 is 0 Å². The molecule has 6 aliphatic rings. The first kappa shape index (κ1) is 20.6. The van der Waals surface area contributed by atoms with Gasteiger partial charge in [-0.3, -0.25) is 4.79 Å². The summed E-state index contributed by atoms with van der Waals surface area (Å²) in [5, 5.41) is 14.0. The summed E-state index contributed by atoms with van der Waals surface area (Å²) in [5.41, 5.74) is 3.43. The highest BCUT2D eigenvalue weighted by Gasteiger charge is 2.63. The van der Waals surface area contributed by atoms with Crippen LogP contribution in [0.4, 0.5) is 0 Å². The number of Topliss-reactive ketones (excluding diaryl/α,β-unsaturated/α-hetero) is 1. The molecule has 0 aromatic heterocycles. The van der Waals surface area contributed by atoms with Crippen LogP contribution in [0.2, 0.25) is 0 Å². The molecule has 10 atom stereocenters. The number of aliphatic hydroxyl groups excluding tert-OH is 1. The summed E-state index contributed by atoms with van der Waals surface area (Å²) in [6.45, 7) is 10.3. The molecule has 170 valence electrons. The van der Waals surface area contributed by atoms with E-state index in [2.05, 4.69) is 39.1 Å². The van der Waals surface area contributed by atoms with Crippen LogP contribution in [0.1, 0.15) is 72.6 Å². The maximum absolute atomic E-state index is 14.1. The summed E-state index contributed by atoms with van der Waals surface area (Å²) in [6, 6.07) is 0.410. The van der Waals surface area contributed by atoms with Crippen molar-refractivity contribution in [1.82, 2.24) is 5.32 Å². The van der Waals surface area contributed by atoms with Crippen molar-refractivity contribution < 1.29 is 14.6 Å². The third kappa shape index (κ3) is 2.62. The van der Waals surface area contributed by atoms with Gasteiger partial charge in [-0.15, -0.1) is 0 Å². The Labute approximate surface area is 186 Å². The molecular weight excluding hydrogens is 386 g/mol. The Hall–Kier alpha value is -0.970. The van der Waals surface area contributed by atoms with Crippen molar-refractivity contribution in [3.05, 3.63) is 22.8 Å². The first-order valence-corrected chi connectivity index (χ1v) is 12.8. The van der Waals surface area contributed by atoms with E-state index in [1.54, 1.807) is 0 Å². The lowest BCUT2D eigenvalue weighted by Gasteiger charge is -2.48. The van der Waals surface area contributed by atoms with Crippen molar-refractivity contribution in [2.45, 2.75) is 96.5 Å². The zero-order valence-corrected chi connectivity index (χ0v) is 19.6. The normalized spacial score (nSPS) is 53.7. The molecular formula is C27H39NO3. The lowest BCUT2D eigenvalue weighted by atomic mass is 9.56. The predicted molar refractivity (Wildman–Crippen MR) is 120 cm³/mol. The standard InChI is InChI=1S/C27H39NO3/c1-14-11-21-24(28-13-14)16(3)27(31-21)10-8-19-20-6-5-17-12-18(29)7-9-26(17,4)23(20)25(30)22(19)15(27)2/h5,14,16,18-21,23-24,28-29H,6-13H2,1-4H3/t14?,16-,18+,19?,20?,21-,23?,24?,26?,27?/m0/s1. The third-order valence-electron chi connectivity index (χ3n) is 10.6. The first-order chi connectivity index (χ1) is 14.8. The minimum absolute atomic E-state index is 0.0653. The van der Waals surface area contributed by atoms with Crippen molar-refractivity contribution in [2.75, 3.05) is 6.54 Å². The van der Waals surface area contributed by atoms with E-state index >= 15 is 0 Å². The first-order valence-electron chi connectivity index (χ1n) is 12.8. The molecule has 31 heavy (non-hydrogen) atoms. The van der Waals surface area contributed by atoms with E-state index in [4.69, 9.17) is 4.74 Å². The van der Waals surface area contributed by atoms with Gasteiger partial charge in [0.25, 0.3) is 0 Å². The van der Waals surface area contributed by atoms with Gasteiger partial charge in [0.2, 0.25) is 0 Å². The summed E-state index contributed by atoms with van der Waals surface area (Å²) in [6.07, 6.45) is 9.23. The van der Waals surface area contributed by atoms with E-state index in [-0.39, 0.29) is 29.1 Å². The predicted octanol–water partition coefficient (Wildman–Crippen LogP) is 4.18. The molecule has 4 nitrogen and oxygen atoms in total. The second kappa shape index (κ2) is 6.77. The summed E-state index contributed by atoms with van der Waals surface area (Å²) in [7, 11) is 0. The number of ether oxygens (including phenoxy) is 1. The third-order valence-corrected chi connectivity index (χ3v) is 10.6. The van der Waals surface area contributed by atoms with Crippen LogP contribution in [0.5, 0.6) is 0 Å². The number of hydrogen-bond donors (Lipinski definition) is 2. The number of ketones is 1. The van der Waals surface area contributed by atoms with Gasteiger partial charge in [-0.1, -0.05) is 32.4 Å². The summed E-state index contributed by atoms with van der Waals surface area (Å²) in [4.78, 5) is 14.1. The van der Waals surface area contributed by atoms with Gasteiger partial charge in [0.05, 0.1) is 17.8 Å².